The Hall–Kier alpha value is -1.56. The molecule has 1 atom stereocenters. The van der Waals surface area contributed by atoms with E-state index in [0.29, 0.717) is 12.6 Å². The number of amides is 2. The molecule has 110 valence electrons. The second-order valence-electron chi connectivity index (χ2n) is 5.73. The third-order valence-electron chi connectivity index (χ3n) is 4.35. The zero-order valence-electron chi connectivity index (χ0n) is 11.8. The summed E-state index contributed by atoms with van der Waals surface area (Å²) in [4.78, 5) is 16.6. The molecule has 1 aromatic rings. The first-order chi connectivity index (χ1) is 9.83. The van der Waals surface area contributed by atoms with Gasteiger partial charge < -0.3 is 10.2 Å². The lowest BCUT2D eigenvalue weighted by molar-refractivity contribution is 0.161. The van der Waals surface area contributed by atoms with Crippen LogP contribution in [0.4, 0.5) is 4.79 Å². The molecule has 0 saturated carbocycles. The van der Waals surface area contributed by atoms with E-state index in [1.807, 2.05) is 11.0 Å². The first kappa shape index (κ1) is 13.4. The third-order valence-corrected chi connectivity index (χ3v) is 4.35. The minimum Gasteiger partial charge on any atom is -0.332 e. The van der Waals surface area contributed by atoms with Gasteiger partial charge in [-0.3, -0.25) is 10.00 Å². The van der Waals surface area contributed by atoms with Gasteiger partial charge in [-0.2, -0.15) is 5.10 Å². The molecule has 2 N–H and O–H groups in total. The van der Waals surface area contributed by atoms with Gasteiger partial charge in [0.25, 0.3) is 0 Å². The van der Waals surface area contributed by atoms with Crippen LogP contribution in [0.5, 0.6) is 0 Å². The Kier molecular flexibility index (Phi) is 4.20. The van der Waals surface area contributed by atoms with E-state index in [4.69, 9.17) is 0 Å². The predicted octanol–water partition coefficient (Wildman–Crippen LogP) is 1.18. The standard InChI is InChI=1S/C14H23N5O/c20-14(15-10-12-4-6-16-17-12)19-9-5-13(11-19)18-7-2-1-3-8-18/h4,6,13H,1-3,5,7-11H2,(H,15,20)(H,16,17). The summed E-state index contributed by atoms with van der Waals surface area (Å²) in [5.41, 5.74) is 0.935. The van der Waals surface area contributed by atoms with Crippen molar-refractivity contribution in [2.45, 2.75) is 38.3 Å². The average molecular weight is 277 g/mol. The summed E-state index contributed by atoms with van der Waals surface area (Å²) in [6.07, 6.45) is 6.78. The number of hydrogen-bond donors (Lipinski definition) is 2. The summed E-state index contributed by atoms with van der Waals surface area (Å²) in [5.74, 6) is 0. The second kappa shape index (κ2) is 6.26. The van der Waals surface area contributed by atoms with Crippen LogP contribution in [0.25, 0.3) is 0 Å². The number of carbonyl (C=O) groups is 1. The minimum absolute atomic E-state index is 0.0408. The molecule has 2 amide bonds. The Bertz CT molecular complexity index is 427. The SMILES string of the molecule is O=C(NCc1ccn[nH]1)N1CCC(N2CCCCC2)C1. The van der Waals surface area contributed by atoms with Crippen LogP contribution >= 0.6 is 0 Å². The molecule has 2 fully saturated rings. The van der Waals surface area contributed by atoms with Crippen molar-refractivity contribution in [2.24, 2.45) is 0 Å². The fourth-order valence-electron chi connectivity index (χ4n) is 3.17. The lowest BCUT2D eigenvalue weighted by Crippen LogP contribution is -2.43. The molecule has 1 aromatic heterocycles. The molecule has 0 aliphatic carbocycles. The maximum Gasteiger partial charge on any atom is 0.317 e. The lowest BCUT2D eigenvalue weighted by atomic mass is 10.1. The molecule has 1 unspecified atom stereocenters. The zero-order valence-corrected chi connectivity index (χ0v) is 11.8. The number of urea groups is 1. The van der Waals surface area contributed by atoms with Crippen LogP contribution in [0.15, 0.2) is 12.3 Å². The molecule has 3 heterocycles. The Morgan fingerprint density at radius 1 is 1.35 bits per heavy atom. The van der Waals surface area contributed by atoms with E-state index in [-0.39, 0.29) is 6.03 Å². The highest BCUT2D eigenvalue weighted by Crippen LogP contribution is 2.20. The molecule has 0 bridgehead atoms. The average Bonchev–Trinajstić information content (AvgIpc) is 3.17. The second-order valence-corrected chi connectivity index (χ2v) is 5.73. The van der Waals surface area contributed by atoms with E-state index < -0.39 is 0 Å². The molecule has 3 rings (SSSR count). The molecule has 2 aliphatic rings. The molecular weight excluding hydrogens is 254 g/mol. The number of rotatable bonds is 3. The number of hydrogen-bond acceptors (Lipinski definition) is 3. The van der Waals surface area contributed by atoms with Crippen molar-refractivity contribution in [3.8, 4) is 0 Å². The zero-order chi connectivity index (χ0) is 13.8. The third kappa shape index (κ3) is 3.12. The number of aromatic nitrogens is 2. The van der Waals surface area contributed by atoms with E-state index in [1.165, 1.54) is 32.4 Å². The van der Waals surface area contributed by atoms with Crippen LogP contribution in [0.1, 0.15) is 31.4 Å². The Balaban J connectivity index is 1.45. The first-order valence-electron chi connectivity index (χ1n) is 7.58. The highest BCUT2D eigenvalue weighted by atomic mass is 16.2. The lowest BCUT2D eigenvalue weighted by Gasteiger charge is -2.32. The van der Waals surface area contributed by atoms with Gasteiger partial charge in [0.15, 0.2) is 0 Å². The quantitative estimate of drug-likeness (QED) is 0.872. The molecule has 0 aromatic carbocycles. The van der Waals surface area contributed by atoms with Gasteiger partial charge in [-0.15, -0.1) is 0 Å². The van der Waals surface area contributed by atoms with E-state index >= 15 is 0 Å². The van der Waals surface area contributed by atoms with Crippen LogP contribution in [0.2, 0.25) is 0 Å². The maximum absolute atomic E-state index is 12.1. The topological polar surface area (TPSA) is 64.3 Å². The van der Waals surface area contributed by atoms with Gasteiger partial charge in [0.1, 0.15) is 0 Å². The van der Waals surface area contributed by atoms with Gasteiger partial charge in [0, 0.05) is 25.3 Å². The van der Waals surface area contributed by atoms with Crippen molar-refractivity contribution >= 4 is 6.03 Å². The van der Waals surface area contributed by atoms with Crippen LogP contribution in [-0.2, 0) is 6.54 Å². The molecule has 2 aliphatic heterocycles. The van der Waals surface area contributed by atoms with Crippen LogP contribution in [0.3, 0.4) is 0 Å². The summed E-state index contributed by atoms with van der Waals surface area (Å²) in [6.45, 7) is 4.66. The highest BCUT2D eigenvalue weighted by Gasteiger charge is 2.30. The van der Waals surface area contributed by atoms with Crippen molar-refractivity contribution < 1.29 is 4.79 Å². The van der Waals surface area contributed by atoms with Crippen molar-refractivity contribution in [1.82, 2.24) is 25.3 Å². The van der Waals surface area contributed by atoms with Crippen LogP contribution < -0.4 is 5.32 Å². The van der Waals surface area contributed by atoms with Crippen molar-refractivity contribution in [3.05, 3.63) is 18.0 Å². The summed E-state index contributed by atoms with van der Waals surface area (Å²) in [5, 5.41) is 9.67. The molecule has 6 nitrogen and oxygen atoms in total. The van der Waals surface area contributed by atoms with E-state index in [2.05, 4.69) is 20.4 Å². The smallest absolute Gasteiger partial charge is 0.317 e. The maximum atomic E-state index is 12.1. The highest BCUT2D eigenvalue weighted by molar-refractivity contribution is 5.74. The Morgan fingerprint density at radius 2 is 2.20 bits per heavy atom. The van der Waals surface area contributed by atoms with Gasteiger partial charge in [-0.05, 0) is 38.4 Å². The fraction of sp³-hybridized carbons (Fsp3) is 0.714. The van der Waals surface area contributed by atoms with Gasteiger partial charge in [0.05, 0.1) is 12.2 Å². The summed E-state index contributed by atoms with van der Waals surface area (Å²) in [7, 11) is 0. The number of carbonyl (C=O) groups excluding carboxylic acids is 1. The number of H-pyrrole nitrogens is 1. The molecule has 0 spiro atoms. The van der Waals surface area contributed by atoms with E-state index in [1.54, 1.807) is 6.20 Å². The largest absolute Gasteiger partial charge is 0.332 e. The number of aromatic amines is 1. The molecule has 2 saturated heterocycles. The van der Waals surface area contributed by atoms with Gasteiger partial charge in [-0.1, -0.05) is 6.42 Å². The normalized spacial score (nSPS) is 24.0. The molecule has 6 heteroatoms. The van der Waals surface area contributed by atoms with Crippen molar-refractivity contribution in [3.63, 3.8) is 0 Å². The van der Waals surface area contributed by atoms with Gasteiger partial charge >= 0.3 is 6.03 Å². The van der Waals surface area contributed by atoms with E-state index in [0.717, 1.165) is 25.2 Å². The molecular formula is C14H23N5O. The van der Waals surface area contributed by atoms with Gasteiger partial charge in [-0.25, -0.2) is 4.79 Å². The summed E-state index contributed by atoms with van der Waals surface area (Å²) >= 11 is 0. The predicted molar refractivity (Wildman–Crippen MR) is 76.2 cm³/mol. The number of nitrogens with one attached hydrogen (secondary N) is 2. The Labute approximate surface area is 119 Å². The molecule has 0 radical (unpaired) electrons. The number of piperidine rings is 1. The van der Waals surface area contributed by atoms with E-state index in [9.17, 15) is 4.79 Å². The van der Waals surface area contributed by atoms with Crippen molar-refractivity contribution in [1.29, 1.82) is 0 Å². The summed E-state index contributed by atoms with van der Waals surface area (Å²) < 4.78 is 0. The fourth-order valence-corrected chi connectivity index (χ4v) is 3.17. The number of likely N-dealkylation sites (tertiary alicyclic amines) is 2. The van der Waals surface area contributed by atoms with Crippen LogP contribution in [0, 0.1) is 0 Å². The summed E-state index contributed by atoms with van der Waals surface area (Å²) in [6, 6.07) is 2.48. The van der Waals surface area contributed by atoms with Gasteiger partial charge in [0.2, 0.25) is 0 Å². The first-order valence-corrected chi connectivity index (χ1v) is 7.58. The van der Waals surface area contributed by atoms with Crippen LogP contribution in [-0.4, -0.2) is 58.2 Å². The monoisotopic (exact) mass is 277 g/mol. The Morgan fingerprint density at radius 3 is 2.95 bits per heavy atom. The van der Waals surface area contributed by atoms with Crippen molar-refractivity contribution in [2.75, 3.05) is 26.2 Å². The molecule has 20 heavy (non-hydrogen) atoms. The number of nitrogens with zero attached hydrogens (tertiary/aromatic N) is 3. The minimum atomic E-state index is 0.0408.